The first-order valence-electron chi connectivity index (χ1n) is 8.21. The number of carbonyl (C=O) groups excluding carboxylic acids is 1. The molecule has 26 heavy (non-hydrogen) atoms. The Bertz CT molecular complexity index is 725. The van der Waals surface area contributed by atoms with Gasteiger partial charge in [0.1, 0.15) is 5.75 Å². The van der Waals surface area contributed by atoms with Gasteiger partial charge in [-0.1, -0.05) is 47.8 Å². The first kappa shape index (κ1) is 21.2. The molecule has 2 aromatic rings. The minimum absolute atomic E-state index is 0.118. The van der Waals surface area contributed by atoms with E-state index in [1.54, 1.807) is 42.1 Å². The average molecular weight is 433 g/mol. The number of rotatable bonds is 9. The Morgan fingerprint density at radius 2 is 1.81 bits per heavy atom. The number of hydrogen-bond donors (Lipinski definition) is 1. The molecule has 0 aliphatic rings. The topological polar surface area (TPSA) is 38.3 Å². The summed E-state index contributed by atoms with van der Waals surface area (Å²) in [6.07, 6.45) is 0.0639. The van der Waals surface area contributed by atoms with E-state index in [1.807, 2.05) is 19.1 Å². The van der Waals surface area contributed by atoms with Gasteiger partial charge in [0, 0.05) is 33.1 Å². The molecule has 1 atom stereocenters. The predicted molar refractivity (Wildman–Crippen MR) is 112 cm³/mol. The summed E-state index contributed by atoms with van der Waals surface area (Å²) in [5, 5.41) is 4.83. The van der Waals surface area contributed by atoms with Crippen LogP contribution in [0.5, 0.6) is 5.75 Å². The standard InChI is InChI=1S/C19H20Cl3NO2S/c1-2-18(25-16-7-5-14(20)6-8-16)19(24)23-9-10-26-12-13-3-4-15(21)11-17(13)22/h3-8,11,18H,2,9-10,12H2,1H3,(H,23,24)/t18-/m0/s1. The highest BCUT2D eigenvalue weighted by Gasteiger charge is 2.17. The van der Waals surface area contributed by atoms with Crippen LogP contribution in [0.3, 0.4) is 0 Å². The Morgan fingerprint density at radius 1 is 1.12 bits per heavy atom. The van der Waals surface area contributed by atoms with Crippen molar-refractivity contribution in [1.29, 1.82) is 0 Å². The normalized spacial score (nSPS) is 11.8. The highest BCUT2D eigenvalue weighted by Crippen LogP contribution is 2.24. The van der Waals surface area contributed by atoms with Gasteiger partial charge in [-0.25, -0.2) is 0 Å². The van der Waals surface area contributed by atoms with Crippen LogP contribution in [0.4, 0.5) is 0 Å². The van der Waals surface area contributed by atoms with E-state index in [0.29, 0.717) is 33.8 Å². The van der Waals surface area contributed by atoms with Crippen molar-refractivity contribution in [3.05, 3.63) is 63.1 Å². The quantitative estimate of drug-likeness (QED) is 0.505. The molecule has 0 aromatic heterocycles. The number of carbonyl (C=O) groups is 1. The third-order valence-electron chi connectivity index (χ3n) is 3.57. The summed E-state index contributed by atoms with van der Waals surface area (Å²) in [5.74, 6) is 2.06. The number of halogens is 3. The molecule has 0 saturated carbocycles. The van der Waals surface area contributed by atoms with Crippen LogP contribution in [0, 0.1) is 0 Å². The molecule has 0 saturated heterocycles. The van der Waals surface area contributed by atoms with E-state index < -0.39 is 6.10 Å². The van der Waals surface area contributed by atoms with Crippen molar-refractivity contribution in [2.45, 2.75) is 25.2 Å². The van der Waals surface area contributed by atoms with Crippen LogP contribution in [0.15, 0.2) is 42.5 Å². The van der Waals surface area contributed by atoms with Crippen molar-refractivity contribution in [1.82, 2.24) is 5.32 Å². The number of benzene rings is 2. The molecule has 0 spiro atoms. The van der Waals surface area contributed by atoms with Crippen molar-refractivity contribution < 1.29 is 9.53 Å². The summed E-state index contributed by atoms with van der Waals surface area (Å²) in [6.45, 7) is 2.48. The van der Waals surface area contributed by atoms with Gasteiger partial charge in [0.2, 0.25) is 0 Å². The number of amides is 1. The van der Waals surface area contributed by atoms with E-state index in [1.165, 1.54) is 0 Å². The number of ether oxygens (including phenoxy) is 1. The summed E-state index contributed by atoms with van der Waals surface area (Å²) in [4.78, 5) is 12.3. The minimum Gasteiger partial charge on any atom is -0.481 e. The second kappa shape index (κ2) is 10.9. The predicted octanol–water partition coefficient (Wildman–Crippen LogP) is 5.85. The largest absolute Gasteiger partial charge is 0.481 e. The highest BCUT2D eigenvalue weighted by atomic mass is 35.5. The average Bonchev–Trinajstić information content (AvgIpc) is 2.62. The van der Waals surface area contributed by atoms with E-state index in [-0.39, 0.29) is 5.91 Å². The summed E-state index contributed by atoms with van der Waals surface area (Å²) >= 11 is 19.6. The van der Waals surface area contributed by atoms with Crippen molar-refractivity contribution >= 4 is 52.5 Å². The number of hydrogen-bond acceptors (Lipinski definition) is 3. The second-order valence-corrected chi connectivity index (χ2v) is 7.93. The van der Waals surface area contributed by atoms with E-state index >= 15 is 0 Å². The molecule has 0 radical (unpaired) electrons. The lowest BCUT2D eigenvalue weighted by atomic mass is 10.2. The first-order chi connectivity index (χ1) is 12.5. The maximum absolute atomic E-state index is 12.3. The Kier molecular flexibility index (Phi) is 8.93. The fourth-order valence-corrected chi connectivity index (χ4v) is 3.72. The van der Waals surface area contributed by atoms with Gasteiger partial charge >= 0.3 is 0 Å². The molecule has 2 aromatic carbocycles. The zero-order chi connectivity index (χ0) is 18.9. The van der Waals surface area contributed by atoms with Crippen molar-refractivity contribution in [3.63, 3.8) is 0 Å². The SMILES string of the molecule is CC[C@H](Oc1ccc(Cl)cc1)C(=O)NCCSCc1ccc(Cl)cc1Cl. The molecular formula is C19H20Cl3NO2S. The van der Waals surface area contributed by atoms with Gasteiger partial charge in [0.15, 0.2) is 6.10 Å². The van der Waals surface area contributed by atoms with Crippen LogP contribution >= 0.6 is 46.6 Å². The Morgan fingerprint density at radius 3 is 2.46 bits per heavy atom. The van der Waals surface area contributed by atoms with Gasteiger partial charge in [-0.05, 0) is 48.4 Å². The van der Waals surface area contributed by atoms with Crippen LogP contribution in [0.1, 0.15) is 18.9 Å². The first-order valence-corrected chi connectivity index (χ1v) is 10.5. The lowest BCUT2D eigenvalue weighted by Crippen LogP contribution is -2.39. The molecule has 1 amide bonds. The maximum atomic E-state index is 12.3. The molecule has 0 aliphatic carbocycles. The fourth-order valence-electron chi connectivity index (χ4n) is 2.18. The van der Waals surface area contributed by atoms with Gasteiger partial charge in [-0.3, -0.25) is 4.79 Å². The summed E-state index contributed by atoms with van der Waals surface area (Å²) < 4.78 is 5.73. The monoisotopic (exact) mass is 431 g/mol. The van der Waals surface area contributed by atoms with Gasteiger partial charge in [0.25, 0.3) is 5.91 Å². The van der Waals surface area contributed by atoms with Crippen LogP contribution in [0.25, 0.3) is 0 Å². The Hall–Kier alpha value is -1.07. The third kappa shape index (κ3) is 6.92. The Balaban J connectivity index is 1.71. The lowest BCUT2D eigenvalue weighted by molar-refractivity contribution is -0.127. The van der Waals surface area contributed by atoms with Crippen LogP contribution in [-0.2, 0) is 10.5 Å². The van der Waals surface area contributed by atoms with Gasteiger partial charge in [-0.15, -0.1) is 0 Å². The molecule has 0 unspecified atom stereocenters. The van der Waals surface area contributed by atoms with Crippen LogP contribution in [-0.4, -0.2) is 24.3 Å². The van der Waals surface area contributed by atoms with Crippen molar-refractivity contribution in [3.8, 4) is 5.75 Å². The maximum Gasteiger partial charge on any atom is 0.261 e. The summed E-state index contributed by atoms with van der Waals surface area (Å²) in [7, 11) is 0. The van der Waals surface area contributed by atoms with Gasteiger partial charge in [0.05, 0.1) is 0 Å². The smallest absolute Gasteiger partial charge is 0.261 e. The molecule has 0 fully saturated rings. The van der Waals surface area contributed by atoms with Gasteiger partial charge in [-0.2, -0.15) is 11.8 Å². The molecule has 1 N–H and O–H groups in total. The lowest BCUT2D eigenvalue weighted by Gasteiger charge is -2.17. The molecule has 2 rings (SSSR count). The highest BCUT2D eigenvalue weighted by molar-refractivity contribution is 7.98. The van der Waals surface area contributed by atoms with Crippen molar-refractivity contribution in [2.75, 3.05) is 12.3 Å². The number of nitrogens with one attached hydrogen (secondary N) is 1. The molecule has 0 heterocycles. The van der Waals surface area contributed by atoms with E-state index in [0.717, 1.165) is 17.1 Å². The molecule has 0 bridgehead atoms. The van der Waals surface area contributed by atoms with E-state index in [2.05, 4.69) is 5.32 Å². The van der Waals surface area contributed by atoms with Gasteiger partial charge < -0.3 is 10.1 Å². The van der Waals surface area contributed by atoms with E-state index in [4.69, 9.17) is 39.5 Å². The third-order valence-corrected chi connectivity index (χ3v) is 5.42. The Labute approximate surface area is 173 Å². The minimum atomic E-state index is -0.521. The summed E-state index contributed by atoms with van der Waals surface area (Å²) in [6, 6.07) is 12.5. The van der Waals surface area contributed by atoms with Crippen LogP contribution in [0.2, 0.25) is 15.1 Å². The van der Waals surface area contributed by atoms with E-state index in [9.17, 15) is 4.79 Å². The zero-order valence-corrected chi connectivity index (χ0v) is 17.4. The van der Waals surface area contributed by atoms with Crippen molar-refractivity contribution in [2.24, 2.45) is 0 Å². The molecule has 140 valence electrons. The number of thioether (sulfide) groups is 1. The summed E-state index contributed by atoms with van der Waals surface area (Å²) in [5.41, 5.74) is 1.03. The second-order valence-electron chi connectivity index (χ2n) is 5.55. The molecule has 7 heteroatoms. The molecule has 0 aliphatic heterocycles. The molecule has 3 nitrogen and oxygen atoms in total. The van der Waals surface area contributed by atoms with Crippen LogP contribution < -0.4 is 10.1 Å². The molecular weight excluding hydrogens is 413 g/mol. The fraction of sp³-hybridized carbons (Fsp3) is 0.316. The zero-order valence-electron chi connectivity index (χ0n) is 14.3.